The molecule has 0 aliphatic heterocycles. The molecule has 1 atom stereocenters. The van der Waals surface area contributed by atoms with Crippen molar-refractivity contribution in [1.29, 1.82) is 0 Å². The maximum absolute atomic E-state index is 13.1. The number of ether oxygens (including phenoxy) is 3. The van der Waals surface area contributed by atoms with Gasteiger partial charge in [0, 0.05) is 31.7 Å². The summed E-state index contributed by atoms with van der Waals surface area (Å²) in [4.78, 5) is 0. The summed E-state index contributed by atoms with van der Waals surface area (Å²) in [5, 5.41) is 0. The molecule has 0 heterocycles. The molecule has 0 unspecified atom stereocenters. The molecule has 5 heteroatoms. The van der Waals surface area contributed by atoms with E-state index in [9.17, 15) is 4.39 Å². The lowest BCUT2D eigenvalue weighted by Gasteiger charge is -2.14. The zero-order valence-electron chi connectivity index (χ0n) is 11.5. The first kappa shape index (κ1) is 15.9. The minimum Gasteiger partial charge on any atom is -0.493 e. The van der Waals surface area contributed by atoms with E-state index in [2.05, 4.69) is 0 Å². The molecular weight excluding hydrogens is 249 g/mol. The first-order chi connectivity index (χ1) is 9.15. The number of nitrogens with two attached hydrogens (primary N) is 1. The van der Waals surface area contributed by atoms with E-state index in [1.54, 1.807) is 20.1 Å². The number of benzene rings is 1. The number of methoxy groups -OCH3 is 1. The van der Waals surface area contributed by atoms with Gasteiger partial charge in [-0.25, -0.2) is 4.39 Å². The minimum absolute atomic E-state index is 0.261. The van der Waals surface area contributed by atoms with Gasteiger partial charge in [0.15, 0.2) is 0 Å². The molecule has 0 aliphatic rings. The van der Waals surface area contributed by atoms with Crippen molar-refractivity contribution < 1.29 is 18.6 Å². The van der Waals surface area contributed by atoms with Crippen LogP contribution in [-0.4, -0.2) is 33.5 Å². The summed E-state index contributed by atoms with van der Waals surface area (Å²) in [7, 11) is 1.64. The standard InChI is InChI=1S/C14H22FNO3/c1-11(16)13-10-12(15)4-5-14(13)19-7-3-6-18-9-8-17-2/h4-5,10-11H,3,6-9,16H2,1-2H3/t11-/m1/s1. The summed E-state index contributed by atoms with van der Waals surface area (Å²) in [6.07, 6.45) is 0.763. The van der Waals surface area contributed by atoms with Crippen molar-refractivity contribution in [3.63, 3.8) is 0 Å². The van der Waals surface area contributed by atoms with Gasteiger partial charge in [-0.2, -0.15) is 0 Å². The van der Waals surface area contributed by atoms with Gasteiger partial charge < -0.3 is 19.9 Å². The fourth-order valence-corrected chi connectivity index (χ4v) is 1.59. The summed E-state index contributed by atoms with van der Waals surface area (Å²) >= 11 is 0. The average Bonchev–Trinajstić information content (AvgIpc) is 2.39. The SMILES string of the molecule is COCCOCCCOc1ccc(F)cc1[C@@H](C)N. The molecule has 0 aromatic heterocycles. The molecule has 0 bridgehead atoms. The van der Waals surface area contributed by atoms with Gasteiger partial charge in [0.05, 0.1) is 19.8 Å². The molecule has 19 heavy (non-hydrogen) atoms. The lowest BCUT2D eigenvalue weighted by atomic mass is 10.1. The molecule has 0 aliphatic carbocycles. The van der Waals surface area contributed by atoms with E-state index in [4.69, 9.17) is 19.9 Å². The van der Waals surface area contributed by atoms with Gasteiger partial charge in [-0.15, -0.1) is 0 Å². The zero-order valence-corrected chi connectivity index (χ0v) is 11.5. The molecular formula is C14H22FNO3. The van der Waals surface area contributed by atoms with Gasteiger partial charge in [-0.1, -0.05) is 0 Å². The van der Waals surface area contributed by atoms with Crippen LogP contribution in [0.1, 0.15) is 24.9 Å². The highest BCUT2D eigenvalue weighted by Crippen LogP contribution is 2.24. The third-order valence-corrected chi connectivity index (χ3v) is 2.58. The molecule has 0 fully saturated rings. The van der Waals surface area contributed by atoms with Crippen LogP contribution in [0.3, 0.4) is 0 Å². The summed E-state index contributed by atoms with van der Waals surface area (Å²) < 4.78 is 28.9. The second kappa shape index (κ2) is 8.85. The fourth-order valence-electron chi connectivity index (χ4n) is 1.59. The van der Waals surface area contributed by atoms with Crippen molar-refractivity contribution in [2.45, 2.75) is 19.4 Å². The maximum Gasteiger partial charge on any atom is 0.124 e. The topological polar surface area (TPSA) is 53.7 Å². The molecule has 1 aromatic carbocycles. The molecule has 1 aromatic rings. The Hall–Kier alpha value is -1.17. The number of hydrogen-bond acceptors (Lipinski definition) is 4. The van der Waals surface area contributed by atoms with Crippen LogP contribution in [0.5, 0.6) is 5.75 Å². The second-order valence-electron chi connectivity index (χ2n) is 4.28. The summed E-state index contributed by atoms with van der Waals surface area (Å²) in [5.41, 5.74) is 6.46. The van der Waals surface area contributed by atoms with E-state index in [-0.39, 0.29) is 11.9 Å². The van der Waals surface area contributed by atoms with E-state index in [1.165, 1.54) is 12.1 Å². The van der Waals surface area contributed by atoms with Crippen molar-refractivity contribution in [1.82, 2.24) is 0 Å². The van der Waals surface area contributed by atoms with Gasteiger partial charge in [0.25, 0.3) is 0 Å². The van der Waals surface area contributed by atoms with Gasteiger partial charge >= 0.3 is 0 Å². The smallest absolute Gasteiger partial charge is 0.124 e. The Morgan fingerprint density at radius 1 is 1.21 bits per heavy atom. The highest BCUT2D eigenvalue weighted by Gasteiger charge is 2.09. The van der Waals surface area contributed by atoms with E-state index in [0.717, 1.165) is 6.42 Å². The predicted molar refractivity (Wildman–Crippen MR) is 71.8 cm³/mol. The van der Waals surface area contributed by atoms with Crippen LogP contribution in [0.4, 0.5) is 4.39 Å². The highest BCUT2D eigenvalue weighted by atomic mass is 19.1. The Labute approximate surface area is 113 Å². The van der Waals surface area contributed by atoms with Crippen molar-refractivity contribution in [3.8, 4) is 5.75 Å². The van der Waals surface area contributed by atoms with Crippen LogP contribution >= 0.6 is 0 Å². The Kier molecular flexibility index (Phi) is 7.40. The Balaban J connectivity index is 2.33. The normalized spacial score (nSPS) is 12.4. The average molecular weight is 271 g/mol. The molecule has 0 saturated heterocycles. The van der Waals surface area contributed by atoms with Crippen LogP contribution < -0.4 is 10.5 Å². The zero-order chi connectivity index (χ0) is 14.1. The van der Waals surface area contributed by atoms with Gasteiger partial charge in [0.1, 0.15) is 11.6 Å². The summed E-state index contributed by atoms with van der Waals surface area (Å²) in [6.45, 7) is 4.09. The maximum atomic E-state index is 13.1. The van der Waals surface area contributed by atoms with Crippen molar-refractivity contribution in [2.75, 3.05) is 33.5 Å². The largest absolute Gasteiger partial charge is 0.493 e. The van der Waals surface area contributed by atoms with Gasteiger partial charge in [-0.05, 0) is 25.1 Å². The molecule has 2 N–H and O–H groups in total. The van der Waals surface area contributed by atoms with Gasteiger partial charge in [0.2, 0.25) is 0 Å². The number of halogens is 1. The lowest BCUT2D eigenvalue weighted by Crippen LogP contribution is -2.10. The molecule has 0 amide bonds. The van der Waals surface area contributed by atoms with Crippen molar-refractivity contribution in [3.05, 3.63) is 29.6 Å². The number of rotatable bonds is 9. The van der Waals surface area contributed by atoms with E-state index < -0.39 is 0 Å². The molecule has 4 nitrogen and oxygen atoms in total. The predicted octanol–water partition coefficient (Wildman–Crippen LogP) is 2.28. The summed E-state index contributed by atoms with van der Waals surface area (Å²) in [5.74, 6) is 0.329. The number of hydrogen-bond donors (Lipinski definition) is 1. The second-order valence-corrected chi connectivity index (χ2v) is 4.28. The Morgan fingerprint density at radius 2 is 2.00 bits per heavy atom. The minimum atomic E-state index is -0.303. The van der Waals surface area contributed by atoms with Crippen LogP contribution in [0.2, 0.25) is 0 Å². The quantitative estimate of drug-likeness (QED) is 0.700. The first-order valence-electron chi connectivity index (χ1n) is 6.39. The van der Waals surface area contributed by atoms with Crippen molar-refractivity contribution in [2.24, 2.45) is 5.73 Å². The highest BCUT2D eigenvalue weighted by molar-refractivity contribution is 5.36. The van der Waals surface area contributed by atoms with Gasteiger partial charge in [-0.3, -0.25) is 0 Å². The van der Waals surface area contributed by atoms with E-state index >= 15 is 0 Å². The van der Waals surface area contributed by atoms with E-state index in [1.807, 2.05) is 0 Å². The molecule has 0 radical (unpaired) electrons. The third kappa shape index (κ3) is 6.00. The van der Waals surface area contributed by atoms with Crippen LogP contribution in [0.15, 0.2) is 18.2 Å². The fraction of sp³-hybridized carbons (Fsp3) is 0.571. The molecule has 108 valence electrons. The molecule has 1 rings (SSSR count). The van der Waals surface area contributed by atoms with Crippen molar-refractivity contribution >= 4 is 0 Å². The molecule has 0 saturated carbocycles. The van der Waals surface area contributed by atoms with E-state index in [0.29, 0.717) is 37.7 Å². The lowest BCUT2D eigenvalue weighted by molar-refractivity contribution is 0.0643. The van der Waals surface area contributed by atoms with Crippen LogP contribution in [-0.2, 0) is 9.47 Å². The monoisotopic (exact) mass is 271 g/mol. The third-order valence-electron chi connectivity index (χ3n) is 2.58. The Morgan fingerprint density at radius 3 is 2.68 bits per heavy atom. The summed E-state index contributed by atoms with van der Waals surface area (Å²) in [6, 6.07) is 4.13. The Bertz CT molecular complexity index is 372. The van der Waals surface area contributed by atoms with Crippen LogP contribution in [0.25, 0.3) is 0 Å². The molecule has 0 spiro atoms. The first-order valence-corrected chi connectivity index (χ1v) is 6.39. The van der Waals surface area contributed by atoms with Crippen LogP contribution in [0, 0.1) is 5.82 Å².